The Morgan fingerprint density at radius 2 is 1.89 bits per heavy atom. The molecule has 27 heavy (non-hydrogen) atoms. The van der Waals surface area contributed by atoms with Crippen LogP contribution in [-0.2, 0) is 0 Å². The van der Waals surface area contributed by atoms with E-state index in [0.29, 0.717) is 23.3 Å². The smallest absolute Gasteiger partial charge is 0.180 e. The van der Waals surface area contributed by atoms with E-state index < -0.39 is 0 Å². The quantitative estimate of drug-likeness (QED) is 0.720. The highest BCUT2D eigenvalue weighted by Gasteiger charge is 2.27. The average molecular weight is 385 g/mol. The monoisotopic (exact) mass is 384 g/mol. The molecule has 1 fully saturated rings. The summed E-state index contributed by atoms with van der Waals surface area (Å²) in [5, 5.41) is 0.618. The molecule has 0 radical (unpaired) electrons. The Morgan fingerprint density at radius 3 is 2.70 bits per heavy atom. The lowest BCUT2D eigenvalue weighted by atomic mass is 9.97. The van der Waals surface area contributed by atoms with Crippen LogP contribution in [0.3, 0.4) is 0 Å². The van der Waals surface area contributed by atoms with Gasteiger partial charge in [0.25, 0.3) is 0 Å². The molecule has 0 bridgehead atoms. The number of fused-ring (bicyclic) bond motifs is 1. The van der Waals surface area contributed by atoms with Gasteiger partial charge < -0.3 is 9.47 Å². The molecule has 0 amide bonds. The first kappa shape index (κ1) is 18.3. The molecule has 0 spiro atoms. The van der Waals surface area contributed by atoms with Crippen LogP contribution in [-0.4, -0.2) is 50.0 Å². The van der Waals surface area contributed by atoms with E-state index in [9.17, 15) is 0 Å². The zero-order valence-corrected chi connectivity index (χ0v) is 16.1. The molecular formula is C22H25ClN2O2. The van der Waals surface area contributed by atoms with Crippen molar-refractivity contribution in [1.82, 2.24) is 4.90 Å². The van der Waals surface area contributed by atoms with E-state index in [0.717, 1.165) is 31.9 Å². The van der Waals surface area contributed by atoms with E-state index in [1.807, 2.05) is 42.6 Å². The fraction of sp³-hybridized carbons (Fsp3) is 0.409. The maximum Gasteiger partial charge on any atom is 0.180 e. The summed E-state index contributed by atoms with van der Waals surface area (Å²) in [5.74, 6) is 2.09. The van der Waals surface area contributed by atoms with Crippen LogP contribution >= 0.6 is 11.6 Å². The molecule has 2 aliphatic heterocycles. The number of nitrogens with zero attached hydrogens (tertiary/aromatic N) is 2. The minimum absolute atomic E-state index is 0.0325. The summed E-state index contributed by atoms with van der Waals surface area (Å²) in [4.78, 5) is 7.10. The second-order valence-corrected chi connectivity index (χ2v) is 7.67. The van der Waals surface area contributed by atoms with Gasteiger partial charge in [0.15, 0.2) is 11.5 Å². The summed E-state index contributed by atoms with van der Waals surface area (Å²) >= 11 is 6.23. The fourth-order valence-corrected chi connectivity index (χ4v) is 3.89. The van der Waals surface area contributed by atoms with Crippen LogP contribution in [0.5, 0.6) is 11.5 Å². The van der Waals surface area contributed by atoms with Crippen LogP contribution in [0.25, 0.3) is 0 Å². The topological polar surface area (TPSA) is 34.1 Å². The molecule has 0 saturated carbocycles. The summed E-state index contributed by atoms with van der Waals surface area (Å²) < 4.78 is 11.9. The predicted octanol–water partition coefficient (Wildman–Crippen LogP) is 4.31. The van der Waals surface area contributed by atoms with Crippen molar-refractivity contribution in [2.24, 2.45) is 10.9 Å². The number of piperidine rings is 1. The van der Waals surface area contributed by atoms with E-state index in [4.69, 9.17) is 21.1 Å². The van der Waals surface area contributed by atoms with Gasteiger partial charge in [-0.1, -0.05) is 48.0 Å². The van der Waals surface area contributed by atoms with Crippen molar-refractivity contribution >= 4 is 17.8 Å². The number of benzene rings is 2. The zero-order chi connectivity index (χ0) is 18.5. The first-order valence-electron chi connectivity index (χ1n) is 9.63. The largest absolute Gasteiger partial charge is 0.486 e. The second kappa shape index (κ2) is 8.77. The van der Waals surface area contributed by atoms with E-state index in [-0.39, 0.29) is 6.10 Å². The minimum Gasteiger partial charge on any atom is -0.486 e. The molecule has 0 aromatic heterocycles. The molecule has 142 valence electrons. The van der Waals surface area contributed by atoms with Crippen molar-refractivity contribution in [2.75, 3.05) is 32.8 Å². The Kier molecular flexibility index (Phi) is 5.95. The standard InChI is InChI=1S/C22H25ClN2O2/c23-20-7-4-8-21-22(20)27-19(16-26-21)15-25-11-9-18(10-12-25)14-24-13-17-5-2-1-3-6-17/h1-8,13,18-19H,9-12,14-16H2/b24-13+/t19-/m0/s1. The van der Waals surface area contributed by atoms with Gasteiger partial charge in [-0.15, -0.1) is 0 Å². The SMILES string of the molecule is Clc1cccc2c1O[C@@H](CN1CCC(C/N=C/c3ccccc3)CC1)CO2. The fourth-order valence-electron chi connectivity index (χ4n) is 3.68. The highest BCUT2D eigenvalue weighted by atomic mass is 35.5. The number of aliphatic imine (C=N–C) groups is 1. The van der Waals surface area contributed by atoms with E-state index in [1.165, 1.54) is 18.4 Å². The number of ether oxygens (including phenoxy) is 2. The van der Waals surface area contributed by atoms with Gasteiger partial charge in [0, 0.05) is 19.3 Å². The number of likely N-dealkylation sites (tertiary alicyclic amines) is 1. The zero-order valence-electron chi connectivity index (χ0n) is 15.4. The van der Waals surface area contributed by atoms with Crippen molar-refractivity contribution in [2.45, 2.75) is 18.9 Å². The van der Waals surface area contributed by atoms with Crippen LogP contribution in [0, 0.1) is 5.92 Å². The van der Waals surface area contributed by atoms with Gasteiger partial charge in [0.05, 0.1) is 5.02 Å². The van der Waals surface area contributed by atoms with E-state index in [1.54, 1.807) is 0 Å². The highest BCUT2D eigenvalue weighted by molar-refractivity contribution is 6.32. The average Bonchev–Trinajstić information content (AvgIpc) is 2.71. The molecule has 4 nitrogen and oxygen atoms in total. The van der Waals surface area contributed by atoms with Crippen LogP contribution < -0.4 is 9.47 Å². The Labute approximate surface area is 165 Å². The van der Waals surface area contributed by atoms with Crippen molar-refractivity contribution < 1.29 is 9.47 Å². The molecule has 2 aromatic rings. The normalized spacial score (nSPS) is 20.9. The third-order valence-electron chi connectivity index (χ3n) is 5.21. The number of hydrogen-bond acceptors (Lipinski definition) is 4. The van der Waals surface area contributed by atoms with Crippen molar-refractivity contribution in [1.29, 1.82) is 0 Å². The molecule has 0 N–H and O–H groups in total. The molecule has 4 rings (SSSR count). The summed E-state index contributed by atoms with van der Waals surface area (Å²) in [5.41, 5.74) is 1.17. The van der Waals surface area contributed by atoms with Gasteiger partial charge in [-0.25, -0.2) is 0 Å². The molecule has 0 unspecified atom stereocenters. The number of hydrogen-bond donors (Lipinski definition) is 0. The van der Waals surface area contributed by atoms with Crippen LogP contribution in [0.2, 0.25) is 5.02 Å². The van der Waals surface area contributed by atoms with Gasteiger partial charge >= 0.3 is 0 Å². The van der Waals surface area contributed by atoms with Gasteiger partial charge in [0.1, 0.15) is 12.7 Å². The minimum atomic E-state index is 0.0325. The predicted molar refractivity (Wildman–Crippen MR) is 109 cm³/mol. The number of para-hydroxylation sites is 1. The molecule has 0 aliphatic carbocycles. The van der Waals surface area contributed by atoms with Gasteiger partial charge in [-0.3, -0.25) is 9.89 Å². The molecule has 1 atom stereocenters. The number of rotatable bonds is 5. The van der Waals surface area contributed by atoms with Crippen molar-refractivity contribution in [3.63, 3.8) is 0 Å². The Hall–Kier alpha value is -2.04. The van der Waals surface area contributed by atoms with Gasteiger partial charge in [-0.2, -0.15) is 0 Å². The molecular weight excluding hydrogens is 360 g/mol. The maximum absolute atomic E-state index is 6.23. The molecule has 5 heteroatoms. The lowest BCUT2D eigenvalue weighted by Gasteiger charge is -2.35. The van der Waals surface area contributed by atoms with Crippen LogP contribution in [0.1, 0.15) is 18.4 Å². The lowest BCUT2D eigenvalue weighted by molar-refractivity contribution is 0.0484. The molecule has 1 saturated heterocycles. The van der Waals surface area contributed by atoms with E-state index >= 15 is 0 Å². The van der Waals surface area contributed by atoms with Gasteiger partial charge in [0.2, 0.25) is 0 Å². The summed E-state index contributed by atoms with van der Waals surface area (Å²) in [6.07, 6.45) is 4.37. The maximum atomic E-state index is 6.23. The summed E-state index contributed by atoms with van der Waals surface area (Å²) in [7, 11) is 0. The lowest BCUT2D eigenvalue weighted by Crippen LogP contribution is -2.44. The van der Waals surface area contributed by atoms with Gasteiger partial charge in [-0.05, 0) is 49.5 Å². The second-order valence-electron chi connectivity index (χ2n) is 7.27. The first-order valence-corrected chi connectivity index (χ1v) is 10.0. The van der Waals surface area contributed by atoms with E-state index in [2.05, 4.69) is 22.0 Å². The number of halogens is 1. The summed E-state index contributed by atoms with van der Waals surface area (Å²) in [6, 6.07) is 15.9. The van der Waals surface area contributed by atoms with Crippen LogP contribution in [0.4, 0.5) is 0 Å². The summed E-state index contributed by atoms with van der Waals surface area (Å²) in [6.45, 7) is 4.54. The van der Waals surface area contributed by atoms with Crippen molar-refractivity contribution in [3.05, 3.63) is 59.1 Å². The van der Waals surface area contributed by atoms with Crippen LogP contribution in [0.15, 0.2) is 53.5 Å². The molecule has 2 aliphatic rings. The Balaban J connectivity index is 1.22. The molecule has 2 heterocycles. The molecule has 2 aromatic carbocycles. The first-order chi connectivity index (χ1) is 13.3. The Bertz CT molecular complexity index is 773. The third-order valence-corrected chi connectivity index (χ3v) is 5.51. The van der Waals surface area contributed by atoms with Crippen molar-refractivity contribution in [3.8, 4) is 11.5 Å². The Morgan fingerprint density at radius 1 is 1.07 bits per heavy atom. The highest BCUT2D eigenvalue weighted by Crippen LogP contribution is 2.38. The third kappa shape index (κ3) is 4.82.